The maximum absolute atomic E-state index is 12.7. The zero-order valence-electron chi connectivity index (χ0n) is 18.4. The molecule has 11 heteroatoms. The third-order valence-electron chi connectivity index (χ3n) is 5.38. The van der Waals surface area contributed by atoms with Gasteiger partial charge in [0.05, 0.1) is 37.3 Å². The van der Waals surface area contributed by atoms with E-state index in [1.807, 2.05) is 24.3 Å². The molecule has 2 aromatic heterocycles. The lowest BCUT2D eigenvalue weighted by atomic mass is 9.96. The number of hydrogen-bond donors (Lipinski definition) is 2. The molecule has 0 unspecified atom stereocenters. The van der Waals surface area contributed by atoms with Crippen molar-refractivity contribution in [1.82, 2.24) is 25.3 Å². The van der Waals surface area contributed by atoms with Gasteiger partial charge in [-0.25, -0.2) is 4.68 Å². The maximum Gasteiger partial charge on any atom is 0.422 e. The van der Waals surface area contributed by atoms with Gasteiger partial charge in [-0.2, -0.15) is 13.2 Å². The Bertz CT molecular complexity index is 1140. The number of alkyl halides is 3. The minimum absolute atomic E-state index is 0.0987. The molecule has 0 radical (unpaired) electrons. The minimum atomic E-state index is -4.51. The SMILES string of the molecule is CC(=O)N[C@@H](c1ccc(C2CC2)cc1)c1ncc(OCC(F)(F)F)cc1-c1cn(CCO)nn1. The van der Waals surface area contributed by atoms with Crippen LogP contribution in [0.4, 0.5) is 13.2 Å². The van der Waals surface area contributed by atoms with Crippen LogP contribution in [-0.2, 0) is 11.3 Å². The van der Waals surface area contributed by atoms with Crippen LogP contribution in [0, 0.1) is 0 Å². The van der Waals surface area contributed by atoms with Crippen LogP contribution in [-0.4, -0.2) is 50.4 Å². The first-order valence-corrected chi connectivity index (χ1v) is 10.8. The highest BCUT2D eigenvalue weighted by atomic mass is 19.4. The van der Waals surface area contributed by atoms with Gasteiger partial charge in [0, 0.05) is 12.5 Å². The summed E-state index contributed by atoms with van der Waals surface area (Å²) in [5.41, 5.74) is 3.04. The molecule has 1 atom stereocenters. The first-order chi connectivity index (χ1) is 16.2. The summed E-state index contributed by atoms with van der Waals surface area (Å²) < 4.78 is 44.3. The van der Waals surface area contributed by atoms with Crippen molar-refractivity contribution in [2.24, 2.45) is 0 Å². The van der Waals surface area contributed by atoms with E-state index in [0.717, 1.165) is 18.4 Å². The second-order valence-electron chi connectivity index (χ2n) is 8.17. The number of amides is 1. The number of aliphatic hydroxyl groups excluding tert-OH is 1. The van der Waals surface area contributed by atoms with Crippen LogP contribution in [0.3, 0.4) is 0 Å². The quantitative estimate of drug-likeness (QED) is 0.492. The summed E-state index contributed by atoms with van der Waals surface area (Å²) in [5.74, 6) is 0.164. The second-order valence-corrected chi connectivity index (χ2v) is 8.17. The lowest BCUT2D eigenvalue weighted by Crippen LogP contribution is -2.28. The summed E-state index contributed by atoms with van der Waals surface area (Å²) in [7, 11) is 0. The summed E-state index contributed by atoms with van der Waals surface area (Å²) in [4.78, 5) is 16.4. The molecule has 180 valence electrons. The van der Waals surface area contributed by atoms with Crippen molar-refractivity contribution in [3.63, 3.8) is 0 Å². The number of aromatic nitrogens is 4. The molecule has 8 nitrogen and oxygen atoms in total. The van der Waals surface area contributed by atoms with Crippen molar-refractivity contribution in [2.45, 2.75) is 44.4 Å². The monoisotopic (exact) mass is 475 g/mol. The number of hydrogen-bond acceptors (Lipinski definition) is 6. The third kappa shape index (κ3) is 5.90. The van der Waals surface area contributed by atoms with Crippen molar-refractivity contribution < 1.29 is 27.8 Å². The number of benzene rings is 1. The highest BCUT2D eigenvalue weighted by Crippen LogP contribution is 2.40. The molecule has 1 saturated carbocycles. The van der Waals surface area contributed by atoms with Gasteiger partial charge in [-0.3, -0.25) is 9.78 Å². The van der Waals surface area contributed by atoms with E-state index in [0.29, 0.717) is 22.9 Å². The lowest BCUT2D eigenvalue weighted by molar-refractivity contribution is -0.153. The van der Waals surface area contributed by atoms with Crippen LogP contribution >= 0.6 is 0 Å². The van der Waals surface area contributed by atoms with Gasteiger partial charge in [0.25, 0.3) is 0 Å². The lowest BCUT2D eigenvalue weighted by Gasteiger charge is -2.21. The van der Waals surface area contributed by atoms with Crippen LogP contribution in [0.1, 0.15) is 48.5 Å². The first kappa shape index (κ1) is 23.7. The standard InChI is InChI=1S/C23H24F3N5O3/c1-14(33)28-21(17-6-4-16(5-7-17)15-2-3-15)22-19(20-12-31(8-9-32)30-29-20)10-18(11-27-22)34-13-23(24,25)26/h4-7,10-12,15,21,32H,2-3,8-9,13H2,1H3,(H,28,33)/t21-/m0/s1. The van der Waals surface area contributed by atoms with Gasteiger partial charge >= 0.3 is 6.18 Å². The van der Waals surface area contributed by atoms with E-state index in [9.17, 15) is 23.1 Å². The first-order valence-electron chi connectivity index (χ1n) is 10.8. The molecule has 2 heterocycles. The number of nitrogens with zero attached hydrogens (tertiary/aromatic N) is 4. The van der Waals surface area contributed by atoms with E-state index in [4.69, 9.17) is 4.74 Å². The molecule has 3 aromatic rings. The number of carbonyl (C=O) groups excluding carboxylic acids is 1. The van der Waals surface area contributed by atoms with E-state index in [1.165, 1.54) is 29.4 Å². The Labute approximate surface area is 193 Å². The molecule has 34 heavy (non-hydrogen) atoms. The molecule has 0 bridgehead atoms. The molecule has 0 aliphatic heterocycles. The second kappa shape index (κ2) is 9.80. The Morgan fingerprint density at radius 3 is 2.65 bits per heavy atom. The van der Waals surface area contributed by atoms with Gasteiger partial charge in [-0.1, -0.05) is 29.5 Å². The summed E-state index contributed by atoms with van der Waals surface area (Å²) in [5, 5.41) is 20.1. The summed E-state index contributed by atoms with van der Waals surface area (Å²) in [6.45, 7) is -0.0612. The molecule has 0 spiro atoms. The fourth-order valence-corrected chi connectivity index (χ4v) is 3.66. The Hall–Kier alpha value is -3.47. The molecule has 0 saturated heterocycles. The molecule has 1 aromatic carbocycles. The molecular weight excluding hydrogens is 451 g/mol. The van der Waals surface area contributed by atoms with Crippen molar-refractivity contribution in [3.05, 3.63) is 59.5 Å². The molecule has 2 N–H and O–H groups in total. The van der Waals surface area contributed by atoms with Gasteiger partial charge in [0.1, 0.15) is 11.4 Å². The molecule has 4 rings (SSSR count). The minimum Gasteiger partial charge on any atom is -0.482 e. The number of rotatable bonds is 9. The Morgan fingerprint density at radius 1 is 1.29 bits per heavy atom. The van der Waals surface area contributed by atoms with Crippen molar-refractivity contribution >= 4 is 5.91 Å². The largest absolute Gasteiger partial charge is 0.482 e. The number of halogens is 3. The van der Waals surface area contributed by atoms with Gasteiger partial charge in [0.15, 0.2) is 6.61 Å². The van der Waals surface area contributed by atoms with Gasteiger partial charge in [-0.15, -0.1) is 5.10 Å². The number of aliphatic hydroxyl groups is 1. The highest BCUT2D eigenvalue weighted by molar-refractivity contribution is 5.75. The molecule has 1 aliphatic rings. The fourth-order valence-electron chi connectivity index (χ4n) is 3.66. The number of carbonyl (C=O) groups is 1. The zero-order chi connectivity index (χ0) is 24.3. The molecular formula is C23H24F3N5O3. The predicted octanol–water partition coefficient (Wildman–Crippen LogP) is 3.38. The summed E-state index contributed by atoms with van der Waals surface area (Å²) in [6, 6.07) is 8.57. The Morgan fingerprint density at radius 2 is 2.03 bits per heavy atom. The highest BCUT2D eigenvalue weighted by Gasteiger charge is 2.29. The van der Waals surface area contributed by atoms with Crippen LogP contribution in [0.2, 0.25) is 0 Å². The molecule has 1 amide bonds. The maximum atomic E-state index is 12.7. The van der Waals surface area contributed by atoms with Crippen molar-refractivity contribution in [2.75, 3.05) is 13.2 Å². The predicted molar refractivity (Wildman–Crippen MR) is 116 cm³/mol. The molecule has 1 fully saturated rings. The van der Waals surface area contributed by atoms with Crippen molar-refractivity contribution in [3.8, 4) is 17.0 Å². The molecule has 1 aliphatic carbocycles. The fraction of sp³-hybridized carbons (Fsp3) is 0.391. The smallest absolute Gasteiger partial charge is 0.422 e. The van der Waals surface area contributed by atoms with E-state index in [-0.39, 0.29) is 24.8 Å². The van der Waals surface area contributed by atoms with Crippen LogP contribution < -0.4 is 10.1 Å². The van der Waals surface area contributed by atoms with Gasteiger partial charge in [0.2, 0.25) is 5.91 Å². The van der Waals surface area contributed by atoms with Crippen LogP contribution in [0.25, 0.3) is 11.3 Å². The number of ether oxygens (including phenoxy) is 1. The van der Waals surface area contributed by atoms with Gasteiger partial charge in [-0.05, 0) is 36.0 Å². The van der Waals surface area contributed by atoms with E-state index in [1.54, 1.807) is 6.20 Å². The van der Waals surface area contributed by atoms with Crippen LogP contribution in [0.5, 0.6) is 5.75 Å². The number of pyridine rings is 1. The van der Waals surface area contributed by atoms with Crippen molar-refractivity contribution in [1.29, 1.82) is 0 Å². The van der Waals surface area contributed by atoms with E-state index in [2.05, 4.69) is 20.6 Å². The van der Waals surface area contributed by atoms with E-state index < -0.39 is 18.8 Å². The summed E-state index contributed by atoms with van der Waals surface area (Å²) >= 11 is 0. The zero-order valence-corrected chi connectivity index (χ0v) is 18.4. The summed E-state index contributed by atoms with van der Waals surface area (Å²) in [6.07, 6.45) is 0.540. The normalized spacial score (nSPS) is 14.6. The average Bonchev–Trinajstić information content (AvgIpc) is 3.54. The van der Waals surface area contributed by atoms with E-state index >= 15 is 0 Å². The average molecular weight is 475 g/mol. The third-order valence-corrected chi connectivity index (χ3v) is 5.38. The van der Waals surface area contributed by atoms with Gasteiger partial charge < -0.3 is 15.2 Å². The van der Waals surface area contributed by atoms with Crippen LogP contribution in [0.15, 0.2) is 42.7 Å². The topological polar surface area (TPSA) is 102 Å². The number of nitrogens with one attached hydrogen (secondary N) is 1. The Kier molecular flexibility index (Phi) is 6.82. The Balaban J connectivity index is 1.75.